The Balaban J connectivity index is 1.72. The summed E-state index contributed by atoms with van der Waals surface area (Å²) in [5.41, 5.74) is 2.15. The number of amides is 1. The number of hydrogen-bond acceptors (Lipinski definition) is 9. The van der Waals surface area contributed by atoms with Crippen molar-refractivity contribution in [1.29, 1.82) is 0 Å². The lowest BCUT2D eigenvalue weighted by Crippen LogP contribution is -2.70. The van der Waals surface area contributed by atoms with Crippen LogP contribution in [0.1, 0.15) is 59.1 Å². The van der Waals surface area contributed by atoms with Crippen molar-refractivity contribution >= 4 is 20.2 Å². The molecular weight excluding hydrogens is 630 g/mol. The van der Waals surface area contributed by atoms with E-state index in [-0.39, 0.29) is 30.6 Å². The summed E-state index contributed by atoms with van der Waals surface area (Å²) < 4.78 is 44.6. The van der Waals surface area contributed by atoms with Crippen LogP contribution in [0.3, 0.4) is 0 Å². The van der Waals surface area contributed by atoms with E-state index in [9.17, 15) is 9.59 Å². The lowest BCUT2D eigenvalue weighted by Gasteiger charge is -2.51. The van der Waals surface area contributed by atoms with Crippen molar-refractivity contribution in [3.8, 4) is 0 Å². The summed E-state index contributed by atoms with van der Waals surface area (Å²) in [5, 5.41) is 2.94. The SMILES string of the molecule is CO[C@@]1(C(=O)OCCc2ccccc2)C[C@H](O[Si](C)(C)C(C)(C)C)[C@@H](NC(C)=O)[C@H]([C@H](OCCc2ccccc2)[C@H]2COC(C)(C)O2)O1. The highest BCUT2D eigenvalue weighted by atomic mass is 28.4. The monoisotopic (exact) mass is 685 g/mol. The van der Waals surface area contributed by atoms with Gasteiger partial charge in [-0.25, -0.2) is 4.79 Å². The fourth-order valence-electron chi connectivity index (χ4n) is 5.91. The molecule has 4 rings (SSSR count). The van der Waals surface area contributed by atoms with Crippen LogP contribution in [0.4, 0.5) is 0 Å². The lowest BCUT2D eigenvalue weighted by atomic mass is 9.88. The van der Waals surface area contributed by atoms with Crippen LogP contribution >= 0.6 is 0 Å². The number of carbonyl (C=O) groups excluding carboxylic acids is 2. The van der Waals surface area contributed by atoms with Crippen molar-refractivity contribution in [1.82, 2.24) is 5.32 Å². The zero-order valence-electron chi connectivity index (χ0n) is 30.1. The number of rotatable bonds is 14. The quantitative estimate of drug-likeness (QED) is 0.201. The molecule has 2 aromatic rings. The van der Waals surface area contributed by atoms with E-state index >= 15 is 0 Å². The van der Waals surface area contributed by atoms with Crippen LogP contribution in [0.2, 0.25) is 18.1 Å². The molecule has 6 atom stereocenters. The summed E-state index contributed by atoms with van der Waals surface area (Å²) in [6, 6.07) is 19.1. The topological polar surface area (TPSA) is 111 Å². The van der Waals surface area contributed by atoms with Gasteiger partial charge in [0.2, 0.25) is 5.91 Å². The molecule has 266 valence electrons. The molecule has 11 heteroatoms. The zero-order valence-corrected chi connectivity index (χ0v) is 31.1. The molecule has 10 nitrogen and oxygen atoms in total. The van der Waals surface area contributed by atoms with Crippen molar-refractivity contribution in [3.63, 3.8) is 0 Å². The zero-order chi connectivity index (χ0) is 35.2. The number of methoxy groups -OCH3 is 1. The minimum atomic E-state index is -2.46. The first-order chi connectivity index (χ1) is 22.6. The smallest absolute Gasteiger partial charge is 0.366 e. The van der Waals surface area contributed by atoms with Gasteiger partial charge in [-0.05, 0) is 49.5 Å². The van der Waals surface area contributed by atoms with Crippen LogP contribution < -0.4 is 5.32 Å². The number of ether oxygens (including phenoxy) is 6. The van der Waals surface area contributed by atoms with Gasteiger partial charge in [0.25, 0.3) is 5.79 Å². The Hall–Kier alpha value is -2.64. The fraction of sp³-hybridized carbons (Fsp3) is 0.622. The first-order valence-electron chi connectivity index (χ1n) is 16.9. The highest BCUT2D eigenvalue weighted by molar-refractivity contribution is 6.74. The Morgan fingerprint density at radius 3 is 2.04 bits per heavy atom. The van der Waals surface area contributed by atoms with E-state index in [2.05, 4.69) is 39.2 Å². The van der Waals surface area contributed by atoms with Gasteiger partial charge in [-0.2, -0.15) is 0 Å². The molecule has 0 unspecified atom stereocenters. The van der Waals surface area contributed by atoms with E-state index in [4.69, 9.17) is 32.8 Å². The van der Waals surface area contributed by atoms with Crippen LogP contribution in [-0.2, 0) is 55.3 Å². The van der Waals surface area contributed by atoms with Crippen molar-refractivity contribution in [2.24, 2.45) is 0 Å². The average molecular weight is 686 g/mol. The van der Waals surface area contributed by atoms with Crippen LogP contribution in [0.15, 0.2) is 60.7 Å². The fourth-order valence-corrected chi connectivity index (χ4v) is 7.25. The van der Waals surface area contributed by atoms with E-state index in [1.807, 2.05) is 74.5 Å². The maximum absolute atomic E-state index is 14.1. The Kier molecular flexibility index (Phi) is 12.7. The predicted molar refractivity (Wildman–Crippen MR) is 185 cm³/mol. The molecule has 2 saturated heterocycles. The lowest BCUT2D eigenvalue weighted by molar-refractivity contribution is -0.308. The summed E-state index contributed by atoms with van der Waals surface area (Å²) >= 11 is 0. The molecule has 1 amide bonds. The largest absolute Gasteiger partial charge is 0.461 e. The van der Waals surface area contributed by atoms with E-state index < -0.39 is 56.3 Å². The molecule has 48 heavy (non-hydrogen) atoms. The van der Waals surface area contributed by atoms with Gasteiger partial charge >= 0.3 is 5.97 Å². The molecule has 0 bridgehead atoms. The average Bonchev–Trinajstić information content (AvgIpc) is 3.39. The van der Waals surface area contributed by atoms with Gasteiger partial charge in [-0.3, -0.25) is 4.79 Å². The third kappa shape index (κ3) is 9.74. The summed E-state index contributed by atoms with van der Waals surface area (Å²) in [4.78, 5) is 26.9. The molecule has 1 N–H and O–H groups in total. The van der Waals surface area contributed by atoms with Crippen LogP contribution in [0, 0.1) is 0 Å². The Morgan fingerprint density at radius 2 is 1.54 bits per heavy atom. The van der Waals surface area contributed by atoms with Crippen molar-refractivity contribution in [2.75, 3.05) is 26.9 Å². The minimum Gasteiger partial charge on any atom is -0.461 e. The molecule has 2 aromatic carbocycles. The molecule has 2 aliphatic rings. The van der Waals surface area contributed by atoms with Gasteiger partial charge in [-0.15, -0.1) is 0 Å². The summed E-state index contributed by atoms with van der Waals surface area (Å²) in [6.45, 7) is 16.5. The molecule has 0 radical (unpaired) electrons. The number of esters is 1. The first kappa shape index (κ1) is 38.2. The van der Waals surface area contributed by atoms with E-state index in [0.717, 1.165) is 11.1 Å². The molecular formula is C37H55NO9Si. The highest BCUT2D eigenvalue weighted by Gasteiger charge is 2.59. The number of hydrogen-bond donors (Lipinski definition) is 1. The molecule has 2 heterocycles. The molecule has 0 spiro atoms. The van der Waals surface area contributed by atoms with Gasteiger partial charge in [0.1, 0.15) is 18.3 Å². The van der Waals surface area contributed by atoms with Gasteiger partial charge in [-0.1, -0.05) is 81.4 Å². The number of carbonyl (C=O) groups is 2. The standard InChI is InChI=1S/C37H55NO9Si/c1-26(39)38-31-29(47-48(8,9)35(2,3)4)24-37(41-7,34(40)43-23-21-28-18-14-11-15-19-28)46-33(31)32(30-25-44-36(5,6)45-30)42-22-20-27-16-12-10-13-17-27/h10-19,29-33H,20-25H2,1-9H3,(H,38,39)/t29-,30+,31+,32+,33+,37-/m0/s1. The number of nitrogens with one attached hydrogen (secondary N) is 1. The summed E-state index contributed by atoms with van der Waals surface area (Å²) in [7, 11) is -1.03. The van der Waals surface area contributed by atoms with Gasteiger partial charge in [0.15, 0.2) is 14.1 Å². The first-order valence-corrected chi connectivity index (χ1v) is 19.8. The summed E-state index contributed by atoms with van der Waals surface area (Å²) in [5.74, 6) is -3.63. The predicted octanol–water partition coefficient (Wildman–Crippen LogP) is 5.58. The highest BCUT2D eigenvalue weighted by Crippen LogP contribution is 2.43. The van der Waals surface area contributed by atoms with Crippen LogP contribution in [0.5, 0.6) is 0 Å². The maximum Gasteiger partial charge on any atom is 0.366 e. The normalized spacial score (nSPS) is 26.5. The van der Waals surface area contributed by atoms with Crippen molar-refractivity contribution in [3.05, 3.63) is 71.8 Å². The molecule has 0 aromatic heterocycles. The Morgan fingerprint density at radius 1 is 0.958 bits per heavy atom. The van der Waals surface area contributed by atoms with E-state index in [0.29, 0.717) is 19.4 Å². The third-order valence-corrected chi connectivity index (χ3v) is 14.0. The van der Waals surface area contributed by atoms with E-state index in [1.165, 1.54) is 14.0 Å². The van der Waals surface area contributed by atoms with Crippen molar-refractivity contribution < 1.29 is 42.4 Å². The molecule has 2 fully saturated rings. The van der Waals surface area contributed by atoms with E-state index in [1.54, 1.807) is 0 Å². The van der Waals surface area contributed by atoms with Crippen LogP contribution in [-0.4, -0.2) is 89.2 Å². The Labute approximate surface area is 287 Å². The van der Waals surface area contributed by atoms with Crippen molar-refractivity contribution in [2.45, 2.75) is 121 Å². The molecule has 0 saturated carbocycles. The molecule has 0 aliphatic carbocycles. The second kappa shape index (κ2) is 15.9. The molecule has 2 aliphatic heterocycles. The number of benzene rings is 2. The third-order valence-electron chi connectivity index (χ3n) is 9.54. The Bertz CT molecular complexity index is 1330. The maximum atomic E-state index is 14.1. The van der Waals surface area contributed by atoms with Gasteiger partial charge in [0.05, 0.1) is 32.0 Å². The van der Waals surface area contributed by atoms with Gasteiger partial charge < -0.3 is 38.2 Å². The second-order valence-electron chi connectivity index (χ2n) is 14.7. The second-order valence-corrected chi connectivity index (χ2v) is 19.5. The van der Waals surface area contributed by atoms with Gasteiger partial charge in [0, 0.05) is 26.9 Å². The minimum absolute atomic E-state index is 0.00583. The van der Waals surface area contributed by atoms with Crippen LogP contribution in [0.25, 0.3) is 0 Å². The summed E-state index contributed by atoms with van der Waals surface area (Å²) in [6.07, 6.45) is -1.79.